The van der Waals surface area contributed by atoms with Gasteiger partial charge in [0.25, 0.3) is 5.91 Å². The van der Waals surface area contributed by atoms with Crippen molar-refractivity contribution >= 4 is 37.8 Å². The Morgan fingerprint density at radius 1 is 1.24 bits per heavy atom. The molecule has 1 amide bonds. The maximum Gasteiger partial charge on any atom is 0.252 e. The van der Waals surface area contributed by atoms with Gasteiger partial charge in [0.05, 0.1) is 5.56 Å². The van der Waals surface area contributed by atoms with Crippen LogP contribution in [0.25, 0.3) is 0 Å². The minimum Gasteiger partial charge on any atom is -0.349 e. The summed E-state index contributed by atoms with van der Waals surface area (Å²) in [4.78, 5) is 14.9. The molecule has 116 valence electrons. The molecule has 1 fully saturated rings. The first kappa shape index (κ1) is 17.0. The molecule has 0 bridgehead atoms. The molecule has 1 heterocycles. The number of hydrogen-bond acceptors (Lipinski definition) is 2. The predicted molar refractivity (Wildman–Crippen MR) is 93.7 cm³/mol. The highest BCUT2D eigenvalue weighted by molar-refractivity contribution is 9.11. The standard InChI is InChI=1S/C16H22Br2N2O/c1-16(2,3)20-8-6-12(7-9-20)19-15(21)13-10-11(17)4-5-14(13)18/h4-5,10,12H,6-9H2,1-3H3,(H,19,21). The molecule has 0 saturated carbocycles. The molecule has 1 N–H and O–H groups in total. The minimum absolute atomic E-state index is 0.00242. The van der Waals surface area contributed by atoms with Crippen LogP contribution < -0.4 is 5.32 Å². The van der Waals surface area contributed by atoms with Gasteiger partial charge in [0.15, 0.2) is 0 Å². The highest BCUT2D eigenvalue weighted by atomic mass is 79.9. The van der Waals surface area contributed by atoms with Crippen molar-refractivity contribution in [1.29, 1.82) is 0 Å². The molecule has 1 aromatic rings. The molecule has 21 heavy (non-hydrogen) atoms. The molecule has 5 heteroatoms. The number of carbonyl (C=O) groups excluding carboxylic acids is 1. The van der Waals surface area contributed by atoms with Crippen LogP contribution in [0.15, 0.2) is 27.1 Å². The van der Waals surface area contributed by atoms with Gasteiger partial charge in [0.1, 0.15) is 0 Å². The van der Waals surface area contributed by atoms with E-state index in [4.69, 9.17) is 0 Å². The van der Waals surface area contributed by atoms with Crippen LogP contribution in [0, 0.1) is 0 Å². The third kappa shape index (κ3) is 4.54. The monoisotopic (exact) mass is 416 g/mol. The fourth-order valence-electron chi connectivity index (χ4n) is 2.63. The number of likely N-dealkylation sites (tertiary alicyclic amines) is 1. The van der Waals surface area contributed by atoms with Crippen molar-refractivity contribution in [2.45, 2.75) is 45.2 Å². The highest BCUT2D eigenvalue weighted by Gasteiger charge is 2.27. The number of hydrogen-bond donors (Lipinski definition) is 1. The Balaban J connectivity index is 1.94. The van der Waals surface area contributed by atoms with E-state index >= 15 is 0 Å². The molecule has 0 radical (unpaired) electrons. The Morgan fingerprint density at radius 2 is 1.86 bits per heavy atom. The molecule has 1 aromatic carbocycles. The van der Waals surface area contributed by atoms with Gasteiger partial charge in [-0.15, -0.1) is 0 Å². The summed E-state index contributed by atoms with van der Waals surface area (Å²) in [6.07, 6.45) is 2.02. The van der Waals surface area contributed by atoms with Crippen molar-refractivity contribution in [3.63, 3.8) is 0 Å². The largest absolute Gasteiger partial charge is 0.349 e. The first-order valence-electron chi connectivity index (χ1n) is 7.28. The first-order chi connectivity index (χ1) is 9.77. The second-order valence-electron chi connectivity index (χ2n) is 6.53. The van der Waals surface area contributed by atoms with E-state index in [-0.39, 0.29) is 17.5 Å². The molecule has 0 spiro atoms. The third-order valence-electron chi connectivity index (χ3n) is 3.95. The summed E-state index contributed by atoms with van der Waals surface area (Å²) in [5, 5.41) is 3.16. The van der Waals surface area contributed by atoms with E-state index < -0.39 is 0 Å². The normalized spacial score (nSPS) is 17.8. The van der Waals surface area contributed by atoms with E-state index in [0.29, 0.717) is 5.56 Å². The maximum absolute atomic E-state index is 12.4. The van der Waals surface area contributed by atoms with Crippen LogP contribution in [-0.4, -0.2) is 35.5 Å². The van der Waals surface area contributed by atoms with Gasteiger partial charge in [0.2, 0.25) is 0 Å². The molecule has 3 nitrogen and oxygen atoms in total. The fourth-order valence-corrected chi connectivity index (χ4v) is 3.42. The van der Waals surface area contributed by atoms with Crippen LogP contribution >= 0.6 is 31.9 Å². The highest BCUT2D eigenvalue weighted by Crippen LogP contribution is 2.23. The van der Waals surface area contributed by atoms with Crippen LogP contribution in [0.1, 0.15) is 44.0 Å². The first-order valence-corrected chi connectivity index (χ1v) is 8.87. The summed E-state index contributed by atoms with van der Waals surface area (Å²) in [5.41, 5.74) is 0.894. The number of carbonyl (C=O) groups is 1. The molecular weight excluding hydrogens is 396 g/mol. The van der Waals surface area contributed by atoms with Crippen molar-refractivity contribution < 1.29 is 4.79 Å². The van der Waals surface area contributed by atoms with E-state index in [9.17, 15) is 4.79 Å². The van der Waals surface area contributed by atoms with Crippen LogP contribution in [0.4, 0.5) is 0 Å². The lowest BCUT2D eigenvalue weighted by Gasteiger charge is -2.41. The Morgan fingerprint density at radius 3 is 2.43 bits per heavy atom. The average Bonchev–Trinajstić information content (AvgIpc) is 2.41. The van der Waals surface area contributed by atoms with Crippen LogP contribution in [0.2, 0.25) is 0 Å². The summed E-state index contributed by atoms with van der Waals surface area (Å²) in [6, 6.07) is 5.93. The number of nitrogens with zero attached hydrogens (tertiary/aromatic N) is 1. The summed E-state index contributed by atoms with van der Waals surface area (Å²) in [7, 11) is 0. The maximum atomic E-state index is 12.4. The van der Waals surface area contributed by atoms with E-state index in [2.05, 4.69) is 62.8 Å². The van der Waals surface area contributed by atoms with E-state index in [1.807, 2.05) is 18.2 Å². The van der Waals surface area contributed by atoms with Crippen molar-refractivity contribution in [2.24, 2.45) is 0 Å². The molecule has 0 unspecified atom stereocenters. The third-order valence-corrected chi connectivity index (χ3v) is 5.14. The SMILES string of the molecule is CC(C)(C)N1CCC(NC(=O)c2cc(Br)ccc2Br)CC1. The van der Waals surface area contributed by atoms with E-state index in [1.165, 1.54) is 0 Å². The summed E-state index contributed by atoms with van der Waals surface area (Å²) < 4.78 is 1.74. The van der Waals surface area contributed by atoms with E-state index in [0.717, 1.165) is 34.9 Å². The molecule has 0 atom stereocenters. The lowest BCUT2D eigenvalue weighted by atomic mass is 9.98. The van der Waals surface area contributed by atoms with Gasteiger partial charge in [-0.25, -0.2) is 0 Å². The smallest absolute Gasteiger partial charge is 0.252 e. The van der Waals surface area contributed by atoms with Gasteiger partial charge in [-0.05, 0) is 67.7 Å². The molecule has 0 aliphatic carbocycles. The zero-order chi connectivity index (χ0) is 15.6. The molecular formula is C16H22Br2N2O. The average molecular weight is 418 g/mol. The molecule has 1 saturated heterocycles. The van der Waals surface area contributed by atoms with Gasteiger partial charge in [-0.2, -0.15) is 0 Å². The lowest BCUT2D eigenvalue weighted by molar-refractivity contribution is 0.0812. The Labute approximate surface area is 143 Å². The zero-order valence-electron chi connectivity index (χ0n) is 12.7. The van der Waals surface area contributed by atoms with Gasteiger partial charge in [-0.1, -0.05) is 15.9 Å². The number of piperidine rings is 1. The van der Waals surface area contributed by atoms with Gasteiger partial charge in [-0.3, -0.25) is 9.69 Å². The zero-order valence-corrected chi connectivity index (χ0v) is 15.9. The van der Waals surface area contributed by atoms with Crippen LogP contribution in [0.3, 0.4) is 0 Å². The van der Waals surface area contributed by atoms with Crippen molar-refractivity contribution in [3.05, 3.63) is 32.7 Å². The lowest BCUT2D eigenvalue weighted by Crippen LogP contribution is -2.50. The fraction of sp³-hybridized carbons (Fsp3) is 0.562. The number of nitrogens with one attached hydrogen (secondary N) is 1. The number of halogens is 2. The Bertz CT molecular complexity index is 517. The molecule has 1 aliphatic rings. The van der Waals surface area contributed by atoms with Crippen molar-refractivity contribution in [1.82, 2.24) is 10.2 Å². The summed E-state index contributed by atoms with van der Waals surface area (Å²) >= 11 is 6.85. The van der Waals surface area contributed by atoms with Gasteiger partial charge in [0, 0.05) is 33.6 Å². The number of benzene rings is 1. The number of amides is 1. The summed E-state index contributed by atoms with van der Waals surface area (Å²) in [5.74, 6) is -0.00242. The quantitative estimate of drug-likeness (QED) is 0.781. The predicted octanol–water partition coefficient (Wildman–Crippen LogP) is 4.20. The molecule has 2 rings (SSSR count). The van der Waals surface area contributed by atoms with Gasteiger partial charge < -0.3 is 5.32 Å². The summed E-state index contributed by atoms with van der Waals surface area (Å²) in [6.45, 7) is 8.79. The second kappa shape index (κ2) is 6.80. The molecule has 0 aromatic heterocycles. The Kier molecular flexibility index (Phi) is 5.49. The van der Waals surface area contributed by atoms with Crippen molar-refractivity contribution in [2.75, 3.05) is 13.1 Å². The van der Waals surface area contributed by atoms with Crippen LogP contribution in [0.5, 0.6) is 0 Å². The minimum atomic E-state index is -0.00242. The molecule has 1 aliphatic heterocycles. The number of rotatable bonds is 2. The van der Waals surface area contributed by atoms with Gasteiger partial charge >= 0.3 is 0 Å². The van der Waals surface area contributed by atoms with Crippen molar-refractivity contribution in [3.8, 4) is 0 Å². The van der Waals surface area contributed by atoms with E-state index in [1.54, 1.807) is 0 Å². The Hall–Kier alpha value is -0.390. The van der Waals surface area contributed by atoms with Crippen LogP contribution in [-0.2, 0) is 0 Å². The second-order valence-corrected chi connectivity index (χ2v) is 8.30. The topological polar surface area (TPSA) is 32.3 Å².